The number of carboxylic acids is 1. The number of amides is 2. The van der Waals surface area contributed by atoms with Crippen LogP contribution in [0.5, 0.6) is 0 Å². The zero-order valence-electron chi connectivity index (χ0n) is 11.9. The predicted molar refractivity (Wildman–Crippen MR) is 70.5 cm³/mol. The van der Waals surface area contributed by atoms with Crippen LogP contribution < -0.4 is 0 Å². The standard InChI is InChI=1S/C13H22N2O5/c1-3-9-6-19-5-4-15(9)13(18)14(2)11-8-20-7-10(11)12(16)17/h9-11H,3-8H2,1-2H3,(H,16,17). The van der Waals surface area contributed by atoms with Crippen LogP contribution in [0.4, 0.5) is 4.79 Å². The van der Waals surface area contributed by atoms with E-state index in [1.807, 2.05) is 6.92 Å². The zero-order valence-corrected chi connectivity index (χ0v) is 11.9. The van der Waals surface area contributed by atoms with E-state index in [-0.39, 0.29) is 25.3 Å². The molecule has 1 N–H and O–H groups in total. The molecule has 2 fully saturated rings. The van der Waals surface area contributed by atoms with Gasteiger partial charge in [-0.1, -0.05) is 6.92 Å². The van der Waals surface area contributed by atoms with Crippen LogP contribution in [-0.2, 0) is 14.3 Å². The molecule has 0 bridgehead atoms. The molecule has 2 heterocycles. The maximum atomic E-state index is 12.6. The minimum atomic E-state index is -0.916. The lowest BCUT2D eigenvalue weighted by Gasteiger charge is -2.39. The summed E-state index contributed by atoms with van der Waals surface area (Å²) < 4.78 is 10.6. The molecular formula is C13H22N2O5. The Labute approximate surface area is 118 Å². The molecule has 114 valence electrons. The van der Waals surface area contributed by atoms with Crippen molar-refractivity contribution in [3.8, 4) is 0 Å². The molecule has 7 nitrogen and oxygen atoms in total. The van der Waals surface area contributed by atoms with E-state index < -0.39 is 17.9 Å². The van der Waals surface area contributed by atoms with Gasteiger partial charge in [0.1, 0.15) is 5.92 Å². The number of ether oxygens (including phenoxy) is 2. The van der Waals surface area contributed by atoms with E-state index in [4.69, 9.17) is 9.47 Å². The molecule has 2 aliphatic rings. The molecule has 0 aromatic rings. The van der Waals surface area contributed by atoms with Gasteiger partial charge in [-0.25, -0.2) is 4.79 Å². The Hall–Kier alpha value is -1.34. The Bertz CT molecular complexity index is 376. The summed E-state index contributed by atoms with van der Waals surface area (Å²) in [6, 6.07) is -0.480. The normalized spacial score (nSPS) is 30.3. The first-order chi connectivity index (χ1) is 9.56. The fraction of sp³-hybridized carbons (Fsp3) is 0.846. The molecule has 3 atom stereocenters. The lowest BCUT2D eigenvalue weighted by Crippen LogP contribution is -2.56. The Balaban J connectivity index is 2.05. The quantitative estimate of drug-likeness (QED) is 0.804. The molecule has 0 saturated carbocycles. The number of aliphatic carboxylic acids is 1. The Morgan fingerprint density at radius 3 is 2.70 bits per heavy atom. The molecule has 20 heavy (non-hydrogen) atoms. The topological polar surface area (TPSA) is 79.3 Å². The van der Waals surface area contributed by atoms with Crippen LogP contribution in [0.15, 0.2) is 0 Å². The van der Waals surface area contributed by atoms with Crippen molar-refractivity contribution in [2.24, 2.45) is 5.92 Å². The van der Waals surface area contributed by atoms with Crippen molar-refractivity contribution in [1.29, 1.82) is 0 Å². The first-order valence-electron chi connectivity index (χ1n) is 6.98. The number of carbonyl (C=O) groups excluding carboxylic acids is 1. The van der Waals surface area contributed by atoms with Gasteiger partial charge in [-0.2, -0.15) is 0 Å². The highest BCUT2D eigenvalue weighted by Crippen LogP contribution is 2.22. The monoisotopic (exact) mass is 286 g/mol. The summed E-state index contributed by atoms with van der Waals surface area (Å²) in [7, 11) is 1.65. The van der Waals surface area contributed by atoms with Crippen LogP contribution in [0.3, 0.4) is 0 Å². The van der Waals surface area contributed by atoms with Gasteiger partial charge in [-0.3, -0.25) is 4.79 Å². The maximum Gasteiger partial charge on any atom is 0.320 e. The largest absolute Gasteiger partial charge is 0.481 e. The molecule has 3 unspecified atom stereocenters. The molecule has 2 amide bonds. The lowest BCUT2D eigenvalue weighted by atomic mass is 10.0. The minimum absolute atomic E-state index is 0.0595. The van der Waals surface area contributed by atoms with Crippen LogP contribution in [0, 0.1) is 5.92 Å². The molecule has 0 aromatic carbocycles. The SMILES string of the molecule is CCC1COCCN1C(=O)N(C)C1COCC1C(=O)O. The Morgan fingerprint density at radius 2 is 2.05 bits per heavy atom. The molecule has 0 aromatic heterocycles. The van der Waals surface area contributed by atoms with E-state index in [1.54, 1.807) is 11.9 Å². The van der Waals surface area contributed by atoms with E-state index in [1.165, 1.54) is 4.90 Å². The van der Waals surface area contributed by atoms with Crippen molar-refractivity contribution in [3.63, 3.8) is 0 Å². The van der Waals surface area contributed by atoms with Gasteiger partial charge in [0.25, 0.3) is 0 Å². The van der Waals surface area contributed by atoms with Gasteiger partial charge < -0.3 is 24.4 Å². The molecule has 2 aliphatic heterocycles. The summed E-state index contributed by atoms with van der Waals surface area (Å²) in [6.45, 7) is 4.07. The third kappa shape index (κ3) is 2.88. The second-order valence-corrected chi connectivity index (χ2v) is 5.27. The van der Waals surface area contributed by atoms with Crippen LogP contribution >= 0.6 is 0 Å². The van der Waals surface area contributed by atoms with Crippen molar-refractivity contribution in [1.82, 2.24) is 9.80 Å². The highest BCUT2D eigenvalue weighted by molar-refractivity contribution is 5.77. The number of carboxylic acid groups (broad SMARTS) is 1. The summed E-state index contributed by atoms with van der Waals surface area (Å²) in [5, 5.41) is 9.17. The fourth-order valence-corrected chi connectivity index (χ4v) is 2.75. The Morgan fingerprint density at radius 1 is 1.30 bits per heavy atom. The number of nitrogens with zero attached hydrogens (tertiary/aromatic N) is 2. The summed E-state index contributed by atoms with van der Waals surface area (Å²) in [6.07, 6.45) is 0.823. The van der Waals surface area contributed by atoms with Gasteiger partial charge in [0.15, 0.2) is 0 Å². The molecular weight excluding hydrogens is 264 g/mol. The van der Waals surface area contributed by atoms with E-state index in [9.17, 15) is 14.7 Å². The number of rotatable bonds is 3. The van der Waals surface area contributed by atoms with Gasteiger partial charge in [0, 0.05) is 13.6 Å². The van der Waals surface area contributed by atoms with Crippen molar-refractivity contribution in [2.45, 2.75) is 25.4 Å². The number of carbonyl (C=O) groups is 2. The molecule has 0 aliphatic carbocycles. The van der Waals surface area contributed by atoms with Gasteiger partial charge in [0.05, 0.1) is 38.5 Å². The van der Waals surface area contributed by atoms with E-state index in [0.717, 1.165) is 6.42 Å². The van der Waals surface area contributed by atoms with E-state index in [2.05, 4.69) is 0 Å². The molecule has 0 spiro atoms. The second kappa shape index (κ2) is 6.41. The summed E-state index contributed by atoms with van der Waals surface area (Å²) in [5.41, 5.74) is 0. The number of likely N-dealkylation sites (N-methyl/N-ethyl adjacent to an activating group) is 1. The highest BCUT2D eigenvalue weighted by Gasteiger charge is 2.40. The molecule has 2 saturated heterocycles. The summed E-state index contributed by atoms with van der Waals surface area (Å²) >= 11 is 0. The van der Waals surface area contributed by atoms with Crippen LogP contribution in [0.25, 0.3) is 0 Å². The second-order valence-electron chi connectivity index (χ2n) is 5.27. The van der Waals surface area contributed by atoms with E-state index in [0.29, 0.717) is 19.8 Å². The van der Waals surface area contributed by atoms with Crippen LogP contribution in [-0.4, -0.2) is 79.0 Å². The molecule has 2 rings (SSSR count). The van der Waals surface area contributed by atoms with Crippen molar-refractivity contribution in [3.05, 3.63) is 0 Å². The average Bonchev–Trinajstić information content (AvgIpc) is 2.95. The number of urea groups is 1. The highest BCUT2D eigenvalue weighted by atomic mass is 16.5. The van der Waals surface area contributed by atoms with Gasteiger partial charge in [-0.15, -0.1) is 0 Å². The van der Waals surface area contributed by atoms with Gasteiger partial charge >= 0.3 is 12.0 Å². The van der Waals surface area contributed by atoms with Crippen LogP contribution in [0.2, 0.25) is 0 Å². The number of hydrogen-bond donors (Lipinski definition) is 1. The minimum Gasteiger partial charge on any atom is -0.481 e. The third-order valence-corrected chi connectivity index (χ3v) is 4.11. The first-order valence-corrected chi connectivity index (χ1v) is 6.98. The summed E-state index contributed by atoms with van der Waals surface area (Å²) in [5.74, 6) is -1.56. The number of morpholine rings is 1. The molecule has 7 heteroatoms. The van der Waals surface area contributed by atoms with Crippen LogP contribution in [0.1, 0.15) is 13.3 Å². The molecule has 0 radical (unpaired) electrons. The fourth-order valence-electron chi connectivity index (χ4n) is 2.75. The van der Waals surface area contributed by atoms with Crippen molar-refractivity contribution >= 4 is 12.0 Å². The Kier molecular flexibility index (Phi) is 4.82. The first kappa shape index (κ1) is 15.1. The maximum absolute atomic E-state index is 12.6. The summed E-state index contributed by atoms with van der Waals surface area (Å²) in [4.78, 5) is 27.0. The van der Waals surface area contributed by atoms with Gasteiger partial charge in [0.2, 0.25) is 0 Å². The lowest BCUT2D eigenvalue weighted by molar-refractivity contribution is -0.142. The zero-order chi connectivity index (χ0) is 14.7. The van der Waals surface area contributed by atoms with E-state index >= 15 is 0 Å². The number of hydrogen-bond acceptors (Lipinski definition) is 4. The third-order valence-electron chi connectivity index (χ3n) is 4.11. The smallest absolute Gasteiger partial charge is 0.320 e. The average molecular weight is 286 g/mol. The predicted octanol–water partition coefficient (Wildman–Crippen LogP) is 0.249. The van der Waals surface area contributed by atoms with Crippen molar-refractivity contribution in [2.75, 3.05) is 40.0 Å². The van der Waals surface area contributed by atoms with Crippen molar-refractivity contribution < 1.29 is 24.2 Å². The van der Waals surface area contributed by atoms with Gasteiger partial charge in [-0.05, 0) is 6.42 Å².